The number of nitrogens with one attached hydrogen (secondary N) is 2. The van der Waals surface area contributed by atoms with Crippen molar-refractivity contribution in [3.05, 3.63) is 93.2 Å². The molecule has 0 aromatic heterocycles. The summed E-state index contributed by atoms with van der Waals surface area (Å²) in [6.45, 7) is 0.242. The minimum absolute atomic E-state index is 0.242. The second kappa shape index (κ2) is 9.81. The highest BCUT2D eigenvalue weighted by atomic mass is 35.5. The normalized spacial score (nSPS) is 10.5. The Morgan fingerprint density at radius 2 is 1.61 bits per heavy atom. The fourth-order valence-corrected chi connectivity index (χ4v) is 3.20. The highest BCUT2D eigenvalue weighted by molar-refractivity contribution is 6.42. The maximum Gasteiger partial charge on any atom is 0.255 e. The van der Waals surface area contributed by atoms with Gasteiger partial charge >= 0.3 is 0 Å². The Bertz CT molecular complexity index is 1120. The molecule has 0 heterocycles. The molecular formula is C23H20Cl2FN3O2. The molecule has 8 heteroatoms. The van der Waals surface area contributed by atoms with Gasteiger partial charge in [0.2, 0.25) is 0 Å². The molecule has 0 spiro atoms. The van der Waals surface area contributed by atoms with E-state index in [0.29, 0.717) is 27.5 Å². The first-order valence-corrected chi connectivity index (χ1v) is 10.1. The lowest BCUT2D eigenvalue weighted by Crippen LogP contribution is -2.25. The van der Waals surface area contributed by atoms with Crippen LogP contribution in [0.25, 0.3) is 0 Å². The second-order valence-electron chi connectivity index (χ2n) is 7.02. The fourth-order valence-electron chi connectivity index (χ4n) is 2.91. The molecule has 3 aromatic rings. The summed E-state index contributed by atoms with van der Waals surface area (Å²) in [6.07, 6.45) is 0. The van der Waals surface area contributed by atoms with Crippen molar-refractivity contribution < 1.29 is 14.0 Å². The molecule has 2 N–H and O–H groups in total. The van der Waals surface area contributed by atoms with Gasteiger partial charge in [-0.1, -0.05) is 35.3 Å². The van der Waals surface area contributed by atoms with Crippen LogP contribution < -0.4 is 15.5 Å². The van der Waals surface area contributed by atoms with Crippen LogP contribution >= 0.6 is 23.2 Å². The Morgan fingerprint density at radius 1 is 0.903 bits per heavy atom. The van der Waals surface area contributed by atoms with E-state index in [-0.39, 0.29) is 29.2 Å². The predicted octanol–water partition coefficient (Wildman–Crippen LogP) is 5.38. The van der Waals surface area contributed by atoms with Gasteiger partial charge in [-0.15, -0.1) is 0 Å². The molecule has 0 fully saturated rings. The van der Waals surface area contributed by atoms with Crippen LogP contribution in [0.15, 0.2) is 60.7 Å². The van der Waals surface area contributed by atoms with Crippen molar-refractivity contribution >= 4 is 46.4 Å². The monoisotopic (exact) mass is 459 g/mol. The standard InChI is InChI=1S/C23H20Cl2FN3O2/c1-29(2)21-10-8-17(28-22(30)15-5-9-19(24)20(25)11-15)12-18(21)23(31)27-13-14-3-6-16(26)7-4-14/h3-12H,13H2,1-2H3,(H,27,31)(H,28,30). The molecule has 0 saturated heterocycles. The number of carbonyl (C=O) groups is 2. The molecular weight excluding hydrogens is 440 g/mol. The molecule has 0 aliphatic carbocycles. The van der Waals surface area contributed by atoms with E-state index < -0.39 is 0 Å². The van der Waals surface area contributed by atoms with E-state index in [1.54, 1.807) is 47.4 Å². The van der Waals surface area contributed by atoms with Crippen molar-refractivity contribution in [2.45, 2.75) is 6.54 Å². The minimum Gasteiger partial charge on any atom is -0.377 e. The van der Waals surface area contributed by atoms with E-state index in [2.05, 4.69) is 10.6 Å². The maximum atomic E-state index is 13.1. The molecule has 0 unspecified atom stereocenters. The Labute approximate surface area is 189 Å². The SMILES string of the molecule is CN(C)c1ccc(NC(=O)c2ccc(Cl)c(Cl)c2)cc1C(=O)NCc1ccc(F)cc1. The van der Waals surface area contributed by atoms with Gasteiger partial charge in [0.25, 0.3) is 11.8 Å². The molecule has 0 bridgehead atoms. The summed E-state index contributed by atoms with van der Waals surface area (Å²) in [4.78, 5) is 27.2. The third-order valence-electron chi connectivity index (χ3n) is 4.53. The second-order valence-corrected chi connectivity index (χ2v) is 7.83. The summed E-state index contributed by atoms with van der Waals surface area (Å²) in [5.74, 6) is -1.04. The first-order chi connectivity index (χ1) is 14.7. The highest BCUT2D eigenvalue weighted by Gasteiger charge is 2.16. The number of benzene rings is 3. The molecule has 0 radical (unpaired) electrons. The number of hydrogen-bond donors (Lipinski definition) is 2. The molecule has 3 rings (SSSR count). The third kappa shape index (κ3) is 5.75. The zero-order valence-corrected chi connectivity index (χ0v) is 18.4. The lowest BCUT2D eigenvalue weighted by atomic mass is 10.1. The van der Waals surface area contributed by atoms with Crippen molar-refractivity contribution in [2.24, 2.45) is 0 Å². The molecule has 2 amide bonds. The van der Waals surface area contributed by atoms with Gasteiger partial charge in [0.15, 0.2) is 0 Å². The van der Waals surface area contributed by atoms with Crippen LogP contribution in [0.3, 0.4) is 0 Å². The quantitative estimate of drug-likeness (QED) is 0.519. The van der Waals surface area contributed by atoms with Crippen LogP contribution in [0, 0.1) is 5.82 Å². The van der Waals surface area contributed by atoms with Crippen LogP contribution in [-0.4, -0.2) is 25.9 Å². The van der Waals surface area contributed by atoms with E-state index >= 15 is 0 Å². The molecule has 0 saturated carbocycles. The predicted molar refractivity (Wildman–Crippen MR) is 123 cm³/mol. The van der Waals surface area contributed by atoms with Gasteiger partial charge in [-0.2, -0.15) is 0 Å². The lowest BCUT2D eigenvalue weighted by Gasteiger charge is -2.18. The van der Waals surface area contributed by atoms with Gasteiger partial charge in [-0.3, -0.25) is 9.59 Å². The lowest BCUT2D eigenvalue weighted by molar-refractivity contribution is 0.0950. The molecule has 3 aromatic carbocycles. The third-order valence-corrected chi connectivity index (χ3v) is 5.27. The van der Waals surface area contributed by atoms with Gasteiger partial charge in [0, 0.05) is 37.6 Å². The maximum absolute atomic E-state index is 13.1. The first kappa shape index (κ1) is 22.6. The summed E-state index contributed by atoms with van der Waals surface area (Å²) < 4.78 is 13.1. The Kier molecular flexibility index (Phi) is 7.15. The number of hydrogen-bond acceptors (Lipinski definition) is 3. The van der Waals surface area contributed by atoms with Crippen LogP contribution in [0.1, 0.15) is 26.3 Å². The zero-order chi connectivity index (χ0) is 22.5. The fraction of sp³-hybridized carbons (Fsp3) is 0.130. The molecule has 160 valence electrons. The Morgan fingerprint density at radius 3 is 2.26 bits per heavy atom. The van der Waals surface area contributed by atoms with Gasteiger partial charge in [-0.05, 0) is 54.1 Å². The van der Waals surface area contributed by atoms with Gasteiger partial charge in [-0.25, -0.2) is 4.39 Å². The number of carbonyl (C=O) groups excluding carboxylic acids is 2. The zero-order valence-electron chi connectivity index (χ0n) is 16.9. The van der Waals surface area contributed by atoms with E-state index in [9.17, 15) is 14.0 Å². The molecule has 5 nitrogen and oxygen atoms in total. The minimum atomic E-state index is -0.381. The molecule has 0 aliphatic rings. The largest absolute Gasteiger partial charge is 0.377 e. The van der Waals surface area contributed by atoms with E-state index in [1.165, 1.54) is 18.2 Å². The summed E-state index contributed by atoms with van der Waals surface area (Å²) >= 11 is 11.9. The van der Waals surface area contributed by atoms with E-state index in [1.807, 2.05) is 14.1 Å². The van der Waals surface area contributed by atoms with Gasteiger partial charge in [0.1, 0.15) is 5.82 Å². The Hall–Kier alpha value is -3.09. The van der Waals surface area contributed by atoms with Gasteiger partial charge in [0.05, 0.1) is 15.6 Å². The first-order valence-electron chi connectivity index (χ1n) is 9.35. The van der Waals surface area contributed by atoms with E-state index in [4.69, 9.17) is 23.2 Å². The van der Waals surface area contributed by atoms with Crippen molar-refractivity contribution in [3.63, 3.8) is 0 Å². The number of anilines is 2. The summed E-state index contributed by atoms with van der Waals surface area (Å²) in [6, 6.07) is 15.5. The van der Waals surface area contributed by atoms with Crippen molar-refractivity contribution in [1.29, 1.82) is 0 Å². The van der Waals surface area contributed by atoms with Crippen molar-refractivity contribution in [2.75, 3.05) is 24.3 Å². The number of amides is 2. The number of halogens is 3. The summed E-state index contributed by atoms with van der Waals surface area (Å²) in [5.41, 5.74) is 2.63. The molecule has 31 heavy (non-hydrogen) atoms. The van der Waals surface area contributed by atoms with Crippen LogP contribution in [0.4, 0.5) is 15.8 Å². The summed E-state index contributed by atoms with van der Waals surface area (Å²) in [7, 11) is 3.64. The smallest absolute Gasteiger partial charge is 0.255 e. The average Bonchev–Trinajstić information content (AvgIpc) is 2.74. The Balaban J connectivity index is 1.79. The van der Waals surface area contributed by atoms with Crippen molar-refractivity contribution in [1.82, 2.24) is 5.32 Å². The molecule has 0 aliphatic heterocycles. The topological polar surface area (TPSA) is 61.4 Å². The van der Waals surface area contributed by atoms with Crippen LogP contribution in [-0.2, 0) is 6.54 Å². The number of rotatable bonds is 6. The average molecular weight is 460 g/mol. The highest BCUT2D eigenvalue weighted by Crippen LogP contribution is 2.25. The van der Waals surface area contributed by atoms with Gasteiger partial charge < -0.3 is 15.5 Å². The molecule has 0 atom stereocenters. The number of nitrogens with zero attached hydrogens (tertiary/aromatic N) is 1. The van der Waals surface area contributed by atoms with E-state index in [0.717, 1.165) is 5.56 Å². The van der Waals surface area contributed by atoms with Crippen LogP contribution in [0.5, 0.6) is 0 Å². The van der Waals surface area contributed by atoms with Crippen molar-refractivity contribution in [3.8, 4) is 0 Å². The summed E-state index contributed by atoms with van der Waals surface area (Å²) in [5, 5.41) is 6.22. The van der Waals surface area contributed by atoms with Crippen LogP contribution in [0.2, 0.25) is 10.0 Å².